The van der Waals surface area contributed by atoms with Gasteiger partial charge in [0.1, 0.15) is 5.78 Å². The Morgan fingerprint density at radius 1 is 1.21 bits per heavy atom. The highest BCUT2D eigenvalue weighted by Gasteiger charge is 2.60. The number of pyridine rings is 1. The molecule has 7 atom stereocenters. The summed E-state index contributed by atoms with van der Waals surface area (Å²) in [5, 5.41) is 0. The number of carbonyl (C=O) groups excluding carboxylic acids is 1. The summed E-state index contributed by atoms with van der Waals surface area (Å²) < 4.78 is 0. The van der Waals surface area contributed by atoms with Crippen LogP contribution in [0.5, 0.6) is 0 Å². The predicted molar refractivity (Wildman–Crippen MR) is 113 cm³/mol. The normalized spacial score (nSPS) is 45.0. The van der Waals surface area contributed by atoms with Crippen LogP contribution in [0.4, 0.5) is 0 Å². The molecule has 1 heterocycles. The topological polar surface area (TPSA) is 30.0 Å². The summed E-state index contributed by atoms with van der Waals surface area (Å²) in [5.41, 5.74) is 3.58. The van der Waals surface area contributed by atoms with Crippen LogP contribution in [0.15, 0.2) is 30.6 Å². The Labute approximate surface area is 170 Å². The lowest BCUT2D eigenvalue weighted by Gasteiger charge is -2.62. The number of Topliss-reactive ketones (excluding diaryl/α,β-unsaturated/α-hetero) is 1. The molecule has 1 aromatic heterocycles. The van der Waals surface area contributed by atoms with E-state index in [4.69, 9.17) is 0 Å². The van der Waals surface area contributed by atoms with Gasteiger partial charge in [-0.25, -0.2) is 0 Å². The van der Waals surface area contributed by atoms with Gasteiger partial charge in [0.05, 0.1) is 0 Å². The number of fused-ring (bicyclic) bond motifs is 5. The van der Waals surface area contributed by atoms with Crippen molar-refractivity contribution in [3.63, 3.8) is 0 Å². The van der Waals surface area contributed by atoms with Gasteiger partial charge in [0, 0.05) is 25.2 Å². The minimum atomic E-state index is 0.297. The Bertz CT molecular complexity index is 798. The second-order valence-corrected chi connectivity index (χ2v) is 10.7. The molecule has 0 amide bonds. The first-order valence-corrected chi connectivity index (χ1v) is 11.6. The fraction of sp³-hybridized carbons (Fsp3) is 0.692. The monoisotopic (exact) mass is 377 g/mol. The van der Waals surface area contributed by atoms with Gasteiger partial charge < -0.3 is 0 Å². The number of hydrogen-bond donors (Lipinski definition) is 0. The second kappa shape index (κ2) is 6.54. The molecule has 0 aromatic carbocycles. The molecule has 4 aliphatic carbocycles. The van der Waals surface area contributed by atoms with Gasteiger partial charge in [0.2, 0.25) is 0 Å². The zero-order valence-electron chi connectivity index (χ0n) is 17.8. The summed E-state index contributed by atoms with van der Waals surface area (Å²) in [4.78, 5) is 16.6. The van der Waals surface area contributed by atoms with Crippen LogP contribution in [-0.2, 0) is 4.79 Å². The minimum Gasteiger partial charge on any atom is -0.300 e. The summed E-state index contributed by atoms with van der Waals surface area (Å²) in [6.07, 6.45) is 15.8. The first-order chi connectivity index (χ1) is 13.5. The molecule has 0 spiro atoms. The molecule has 5 rings (SSSR count). The minimum absolute atomic E-state index is 0.297. The van der Waals surface area contributed by atoms with Crippen molar-refractivity contribution in [2.45, 2.75) is 72.1 Å². The van der Waals surface area contributed by atoms with Crippen LogP contribution in [0.25, 0.3) is 5.57 Å². The summed E-state index contributed by atoms with van der Waals surface area (Å²) in [6, 6.07) is 4.33. The van der Waals surface area contributed by atoms with Gasteiger partial charge in [-0.2, -0.15) is 0 Å². The molecule has 3 saturated carbocycles. The fourth-order valence-electron chi connectivity index (χ4n) is 8.19. The lowest BCUT2D eigenvalue weighted by atomic mass is 9.42. The SMILES string of the molecule is CCC1CC2CC(=O)CC[C@]2(C)[C@@H]2CC[C@]3(C)C(c4cccnc4)=CC[C@H]3[C@H]12. The predicted octanol–water partition coefficient (Wildman–Crippen LogP) is 6.32. The fourth-order valence-corrected chi connectivity index (χ4v) is 8.19. The highest BCUT2D eigenvalue weighted by Crippen LogP contribution is 2.68. The first kappa shape index (κ1) is 18.6. The van der Waals surface area contributed by atoms with Gasteiger partial charge in [-0.3, -0.25) is 9.78 Å². The van der Waals surface area contributed by atoms with Crippen molar-refractivity contribution in [1.29, 1.82) is 0 Å². The molecule has 2 unspecified atom stereocenters. The molecule has 2 nitrogen and oxygen atoms in total. The number of allylic oxidation sites excluding steroid dienone is 2. The van der Waals surface area contributed by atoms with E-state index in [1.807, 2.05) is 6.20 Å². The summed E-state index contributed by atoms with van der Waals surface area (Å²) in [5.74, 6) is 4.35. The number of nitrogens with zero attached hydrogens (tertiary/aromatic N) is 1. The van der Waals surface area contributed by atoms with Crippen molar-refractivity contribution in [3.8, 4) is 0 Å². The van der Waals surface area contributed by atoms with Gasteiger partial charge in [0.15, 0.2) is 0 Å². The van der Waals surface area contributed by atoms with Crippen molar-refractivity contribution in [3.05, 3.63) is 36.2 Å². The third-order valence-electron chi connectivity index (χ3n) is 9.74. The van der Waals surface area contributed by atoms with Crippen LogP contribution in [0, 0.1) is 40.4 Å². The van der Waals surface area contributed by atoms with E-state index < -0.39 is 0 Å². The molecule has 28 heavy (non-hydrogen) atoms. The molecule has 4 aliphatic rings. The van der Waals surface area contributed by atoms with E-state index in [2.05, 4.69) is 50.2 Å². The van der Waals surface area contributed by atoms with Gasteiger partial charge in [-0.05, 0) is 89.7 Å². The van der Waals surface area contributed by atoms with Crippen molar-refractivity contribution < 1.29 is 4.79 Å². The van der Waals surface area contributed by atoms with Crippen molar-refractivity contribution >= 4 is 11.4 Å². The lowest BCUT2D eigenvalue weighted by Crippen LogP contribution is -2.56. The average Bonchev–Trinajstić information content (AvgIpc) is 3.06. The zero-order valence-corrected chi connectivity index (χ0v) is 17.8. The number of rotatable bonds is 2. The van der Waals surface area contributed by atoms with Crippen LogP contribution in [0.3, 0.4) is 0 Å². The first-order valence-electron chi connectivity index (χ1n) is 11.6. The Hall–Kier alpha value is -1.44. The number of hydrogen-bond acceptors (Lipinski definition) is 2. The van der Waals surface area contributed by atoms with Gasteiger partial charge in [-0.15, -0.1) is 0 Å². The van der Waals surface area contributed by atoms with Gasteiger partial charge in [-0.1, -0.05) is 39.3 Å². The number of aromatic nitrogens is 1. The second-order valence-electron chi connectivity index (χ2n) is 10.7. The molecular formula is C26H35NO. The summed E-state index contributed by atoms with van der Waals surface area (Å²) in [7, 11) is 0. The van der Waals surface area contributed by atoms with E-state index in [1.165, 1.54) is 37.7 Å². The maximum absolute atomic E-state index is 12.2. The quantitative estimate of drug-likeness (QED) is 0.603. The Morgan fingerprint density at radius 2 is 2.07 bits per heavy atom. The Morgan fingerprint density at radius 3 is 2.82 bits per heavy atom. The molecule has 1 aromatic rings. The van der Waals surface area contributed by atoms with Crippen molar-refractivity contribution in [2.24, 2.45) is 40.4 Å². The third-order valence-corrected chi connectivity index (χ3v) is 9.74. The van der Waals surface area contributed by atoms with Crippen LogP contribution in [0.1, 0.15) is 77.7 Å². The molecule has 0 N–H and O–H groups in total. The van der Waals surface area contributed by atoms with E-state index in [0.717, 1.165) is 42.9 Å². The summed E-state index contributed by atoms with van der Waals surface area (Å²) in [6.45, 7) is 7.50. The molecule has 3 fully saturated rings. The van der Waals surface area contributed by atoms with Gasteiger partial charge >= 0.3 is 0 Å². The Kier molecular flexibility index (Phi) is 4.34. The van der Waals surface area contributed by atoms with E-state index in [-0.39, 0.29) is 0 Å². The maximum Gasteiger partial charge on any atom is 0.133 e. The average molecular weight is 378 g/mol. The van der Waals surface area contributed by atoms with Crippen LogP contribution in [-0.4, -0.2) is 10.8 Å². The molecule has 0 saturated heterocycles. The van der Waals surface area contributed by atoms with Crippen LogP contribution < -0.4 is 0 Å². The van der Waals surface area contributed by atoms with Crippen LogP contribution in [0.2, 0.25) is 0 Å². The van der Waals surface area contributed by atoms with E-state index in [9.17, 15) is 4.79 Å². The summed E-state index contributed by atoms with van der Waals surface area (Å²) >= 11 is 0. The zero-order chi connectivity index (χ0) is 19.5. The highest BCUT2D eigenvalue weighted by molar-refractivity contribution is 5.79. The van der Waals surface area contributed by atoms with E-state index >= 15 is 0 Å². The third kappa shape index (κ3) is 2.52. The molecule has 0 bridgehead atoms. The van der Waals surface area contributed by atoms with Crippen molar-refractivity contribution in [1.82, 2.24) is 4.98 Å². The van der Waals surface area contributed by atoms with E-state index in [0.29, 0.717) is 22.5 Å². The largest absolute Gasteiger partial charge is 0.300 e. The van der Waals surface area contributed by atoms with Gasteiger partial charge in [0.25, 0.3) is 0 Å². The molecule has 2 heteroatoms. The number of carbonyl (C=O) groups is 1. The molecular weight excluding hydrogens is 342 g/mol. The maximum atomic E-state index is 12.2. The molecule has 150 valence electrons. The van der Waals surface area contributed by atoms with Crippen LogP contribution >= 0.6 is 0 Å². The Balaban J connectivity index is 1.50. The van der Waals surface area contributed by atoms with E-state index in [1.54, 1.807) is 5.57 Å². The standard InChI is InChI=1S/C26H35NO/c1-4-17-14-19-15-20(28)9-11-25(19,2)23-10-12-26(3)21(7-8-22(26)24(17)23)18-6-5-13-27-16-18/h5-7,13,16-17,19,22-24H,4,8-12,14-15H2,1-3H3/t17?,19?,22-,23+,24-,25-,26+/m0/s1. The molecule has 0 radical (unpaired) electrons. The smallest absolute Gasteiger partial charge is 0.133 e. The molecule has 0 aliphatic heterocycles. The lowest BCUT2D eigenvalue weighted by molar-refractivity contribution is -0.146. The van der Waals surface area contributed by atoms with Crippen molar-refractivity contribution in [2.75, 3.05) is 0 Å². The highest BCUT2D eigenvalue weighted by atomic mass is 16.1. The number of ketones is 1.